The Morgan fingerprint density at radius 2 is 1.64 bits per heavy atom. The number of nitrogens with zero attached hydrogens (tertiary/aromatic N) is 1. The lowest BCUT2D eigenvalue weighted by molar-refractivity contribution is -0.142. The number of fused-ring (bicyclic) bond motifs is 1. The minimum atomic E-state index is -0.394. The number of carbonyl (C=O) groups excluding carboxylic acids is 1. The maximum Gasteiger partial charge on any atom is 0.343 e. The summed E-state index contributed by atoms with van der Waals surface area (Å²) in [6, 6.07) is 26.1. The van der Waals surface area contributed by atoms with Crippen LogP contribution in [0, 0.1) is 0 Å². The maximum absolute atomic E-state index is 11.5. The molecule has 5 nitrogen and oxygen atoms in total. The number of benzene rings is 3. The maximum atomic E-state index is 11.5. The van der Waals surface area contributed by atoms with Gasteiger partial charge in [-0.3, -0.25) is 0 Å². The van der Waals surface area contributed by atoms with Crippen LogP contribution in [0.3, 0.4) is 0 Å². The molecule has 0 heterocycles. The third-order valence-corrected chi connectivity index (χ3v) is 5.63. The Labute approximate surface area is 194 Å². The van der Waals surface area contributed by atoms with E-state index in [0.29, 0.717) is 0 Å². The lowest BCUT2D eigenvalue weighted by Crippen LogP contribution is -2.14. The molecule has 0 fully saturated rings. The van der Waals surface area contributed by atoms with Crippen molar-refractivity contribution in [1.82, 2.24) is 0 Å². The molecule has 0 bridgehead atoms. The van der Waals surface area contributed by atoms with Crippen molar-refractivity contribution in [1.29, 1.82) is 0 Å². The van der Waals surface area contributed by atoms with E-state index in [1.165, 1.54) is 12.7 Å². The Bertz CT molecular complexity index is 1080. The Balaban J connectivity index is 1.51. The number of methoxy groups -OCH3 is 1. The molecular weight excluding hydrogens is 414 g/mol. The average molecular weight is 442 g/mol. The molecule has 4 rings (SSSR count). The van der Waals surface area contributed by atoms with Crippen LogP contribution in [0.15, 0.2) is 90.1 Å². The summed E-state index contributed by atoms with van der Waals surface area (Å²) < 4.78 is 10.4. The fourth-order valence-electron chi connectivity index (χ4n) is 4.00. The average Bonchev–Trinajstić information content (AvgIpc) is 2.88. The van der Waals surface area contributed by atoms with Gasteiger partial charge in [-0.25, -0.2) is 4.79 Å². The zero-order valence-corrected chi connectivity index (χ0v) is 18.6. The van der Waals surface area contributed by atoms with Crippen LogP contribution in [-0.4, -0.2) is 25.9 Å². The van der Waals surface area contributed by atoms with Crippen molar-refractivity contribution >= 4 is 17.8 Å². The predicted molar refractivity (Wildman–Crippen MR) is 129 cm³/mol. The topological polar surface area (TPSA) is 57.1 Å². The Hall–Kier alpha value is -3.86. The van der Waals surface area contributed by atoms with Gasteiger partial charge in [0, 0.05) is 5.56 Å². The summed E-state index contributed by atoms with van der Waals surface area (Å²) in [5.41, 5.74) is 5.49. The predicted octanol–water partition coefficient (Wildman–Crippen LogP) is 5.75. The fraction of sp³-hybridized carbons (Fsp3) is 0.214. The Morgan fingerprint density at radius 1 is 0.939 bits per heavy atom. The summed E-state index contributed by atoms with van der Waals surface area (Å²) in [5, 5.41) is 4.29. The summed E-state index contributed by atoms with van der Waals surface area (Å²) in [5.74, 6) is 0.333. The number of ether oxygens (including phenoxy) is 2. The molecule has 0 unspecified atom stereocenters. The minimum absolute atomic E-state index is 0.0956. The smallest absolute Gasteiger partial charge is 0.343 e. The lowest BCUT2D eigenvalue weighted by Gasteiger charge is -2.21. The van der Waals surface area contributed by atoms with Gasteiger partial charge >= 0.3 is 5.97 Å². The molecule has 0 saturated heterocycles. The molecule has 1 aliphatic rings. The molecule has 0 aliphatic heterocycles. The number of hydrogen-bond donors (Lipinski definition) is 0. The number of allylic oxidation sites excluding steroid dienone is 2. The van der Waals surface area contributed by atoms with Crippen LogP contribution in [0.4, 0.5) is 0 Å². The molecule has 0 amide bonds. The largest absolute Gasteiger partial charge is 0.482 e. The molecular formula is C28H27NO4. The van der Waals surface area contributed by atoms with Gasteiger partial charge in [0.25, 0.3) is 0 Å². The van der Waals surface area contributed by atoms with Gasteiger partial charge in [-0.05, 0) is 53.7 Å². The standard InChI is InChI=1S/C28H27NO4/c1-31-27(30)20-32-26-17-9-15-24-21(14-8-16-25(24)26)18-19-29-33-28(22-10-4-2-5-11-22)23-12-6-3-7-13-23/h2-7,9-13,15,17-19,28H,8,14,16,20H2,1H3/b21-18-,29-19-. The highest BCUT2D eigenvalue weighted by atomic mass is 16.6. The molecule has 168 valence electrons. The van der Waals surface area contributed by atoms with Crippen LogP contribution >= 0.6 is 0 Å². The molecule has 3 aromatic carbocycles. The normalized spacial score (nSPS) is 14.3. The quantitative estimate of drug-likeness (QED) is 0.254. The number of oxime groups is 1. The van der Waals surface area contributed by atoms with Crippen molar-refractivity contribution in [3.05, 3.63) is 107 Å². The molecule has 1 aliphatic carbocycles. The monoisotopic (exact) mass is 441 g/mol. The van der Waals surface area contributed by atoms with Crippen LogP contribution in [0.2, 0.25) is 0 Å². The summed E-state index contributed by atoms with van der Waals surface area (Å²) in [6.45, 7) is -0.0956. The zero-order valence-electron chi connectivity index (χ0n) is 18.6. The second-order valence-electron chi connectivity index (χ2n) is 7.75. The van der Waals surface area contributed by atoms with E-state index in [0.717, 1.165) is 47.3 Å². The summed E-state index contributed by atoms with van der Waals surface area (Å²) >= 11 is 0. The molecule has 33 heavy (non-hydrogen) atoms. The second-order valence-corrected chi connectivity index (χ2v) is 7.75. The molecule has 0 radical (unpaired) electrons. The molecule has 3 aromatic rings. The highest BCUT2D eigenvalue weighted by molar-refractivity contribution is 5.86. The zero-order chi connectivity index (χ0) is 22.9. The minimum Gasteiger partial charge on any atom is -0.482 e. The third-order valence-electron chi connectivity index (χ3n) is 5.63. The Morgan fingerprint density at radius 3 is 2.30 bits per heavy atom. The van der Waals surface area contributed by atoms with Crippen molar-refractivity contribution in [3.63, 3.8) is 0 Å². The lowest BCUT2D eigenvalue weighted by atomic mass is 9.86. The van der Waals surface area contributed by atoms with E-state index in [1.807, 2.05) is 78.9 Å². The first-order valence-corrected chi connectivity index (χ1v) is 11.1. The number of hydrogen-bond acceptors (Lipinski definition) is 5. The molecule has 0 aromatic heterocycles. The van der Waals surface area contributed by atoms with Gasteiger partial charge in [0.1, 0.15) is 5.75 Å². The van der Waals surface area contributed by atoms with Crippen molar-refractivity contribution < 1.29 is 19.1 Å². The van der Waals surface area contributed by atoms with Crippen molar-refractivity contribution in [2.75, 3.05) is 13.7 Å². The van der Waals surface area contributed by atoms with Crippen LogP contribution in [-0.2, 0) is 20.8 Å². The van der Waals surface area contributed by atoms with Gasteiger partial charge in [-0.15, -0.1) is 0 Å². The Kier molecular flexibility index (Phi) is 7.54. The highest BCUT2D eigenvalue weighted by Gasteiger charge is 2.18. The van der Waals surface area contributed by atoms with Gasteiger partial charge in [0.15, 0.2) is 12.7 Å². The van der Waals surface area contributed by atoms with Crippen molar-refractivity contribution in [2.45, 2.75) is 25.4 Å². The highest BCUT2D eigenvalue weighted by Crippen LogP contribution is 2.36. The second kappa shape index (κ2) is 11.1. The van der Waals surface area contributed by atoms with Crippen molar-refractivity contribution in [3.8, 4) is 5.75 Å². The van der Waals surface area contributed by atoms with E-state index >= 15 is 0 Å². The van der Waals surface area contributed by atoms with E-state index in [-0.39, 0.29) is 12.7 Å². The van der Waals surface area contributed by atoms with Crippen molar-refractivity contribution in [2.24, 2.45) is 5.16 Å². The molecule has 0 saturated carbocycles. The number of esters is 1. The van der Waals surface area contributed by atoms with Gasteiger partial charge < -0.3 is 14.3 Å². The summed E-state index contributed by atoms with van der Waals surface area (Å²) in [7, 11) is 1.36. The van der Waals surface area contributed by atoms with Crippen LogP contribution < -0.4 is 4.74 Å². The van der Waals surface area contributed by atoms with Crippen LogP contribution in [0.25, 0.3) is 5.57 Å². The van der Waals surface area contributed by atoms with E-state index < -0.39 is 5.97 Å². The first-order valence-electron chi connectivity index (χ1n) is 11.1. The van der Waals surface area contributed by atoms with Crippen LogP contribution in [0.5, 0.6) is 5.75 Å². The molecule has 0 spiro atoms. The van der Waals surface area contributed by atoms with Gasteiger partial charge in [-0.2, -0.15) is 0 Å². The molecule has 0 N–H and O–H groups in total. The molecule has 5 heteroatoms. The van der Waals surface area contributed by atoms with E-state index in [2.05, 4.69) is 16.0 Å². The number of carbonyl (C=O) groups is 1. The first kappa shape index (κ1) is 22.3. The molecule has 0 atom stereocenters. The van der Waals surface area contributed by atoms with E-state index in [1.54, 1.807) is 6.21 Å². The van der Waals surface area contributed by atoms with Gasteiger partial charge in [0.05, 0.1) is 13.3 Å². The van der Waals surface area contributed by atoms with Gasteiger partial charge in [-0.1, -0.05) is 78.0 Å². The fourth-order valence-corrected chi connectivity index (χ4v) is 4.00. The van der Waals surface area contributed by atoms with E-state index in [4.69, 9.17) is 9.57 Å². The number of rotatable bonds is 8. The summed E-state index contributed by atoms with van der Waals surface area (Å²) in [6.07, 6.45) is 6.28. The SMILES string of the molecule is COC(=O)COc1cccc2c1CCC/C2=C/C=N\OC(c1ccccc1)c1ccccc1. The van der Waals surface area contributed by atoms with Gasteiger partial charge in [0.2, 0.25) is 0 Å². The van der Waals surface area contributed by atoms with Crippen LogP contribution in [0.1, 0.15) is 41.2 Å². The first-order chi connectivity index (χ1) is 16.3. The summed E-state index contributed by atoms with van der Waals surface area (Å²) in [4.78, 5) is 17.4. The third kappa shape index (κ3) is 5.69. The van der Waals surface area contributed by atoms with E-state index in [9.17, 15) is 4.79 Å².